The van der Waals surface area contributed by atoms with Gasteiger partial charge in [-0.25, -0.2) is 0 Å². The molecule has 3 fully saturated rings. The molecule has 5 heteroatoms. The highest BCUT2D eigenvalue weighted by atomic mass is 16.4. The van der Waals surface area contributed by atoms with Gasteiger partial charge in [-0.15, -0.1) is 5.10 Å². The Kier molecular flexibility index (Phi) is 3.97. The van der Waals surface area contributed by atoms with Gasteiger partial charge in [0.05, 0.1) is 0 Å². The number of likely N-dealkylation sites (tertiary alicyclic amines) is 1. The first kappa shape index (κ1) is 15.4. The molecule has 5 nitrogen and oxygen atoms in total. The molecule has 2 aliphatic heterocycles. The van der Waals surface area contributed by atoms with Crippen molar-refractivity contribution in [3.63, 3.8) is 0 Å². The molecule has 0 unspecified atom stereocenters. The van der Waals surface area contributed by atoms with E-state index in [1.165, 1.54) is 44.2 Å². The molecule has 25 heavy (non-hydrogen) atoms. The second-order valence-electron chi connectivity index (χ2n) is 7.86. The van der Waals surface area contributed by atoms with Crippen LogP contribution >= 0.6 is 0 Å². The van der Waals surface area contributed by atoms with E-state index < -0.39 is 0 Å². The molecule has 132 valence electrons. The normalized spacial score (nSPS) is 27.3. The zero-order valence-corrected chi connectivity index (χ0v) is 14.7. The minimum Gasteiger partial charge on any atom is -0.408 e. The predicted octanol–water partition coefficient (Wildman–Crippen LogP) is 3.44. The molecule has 0 amide bonds. The highest BCUT2D eigenvalue weighted by Crippen LogP contribution is 2.40. The molecule has 1 aromatic heterocycles. The van der Waals surface area contributed by atoms with E-state index in [2.05, 4.69) is 50.3 Å². The minimum atomic E-state index is 0.537. The number of hydrogen-bond acceptors (Lipinski definition) is 5. The third-order valence-electron chi connectivity index (χ3n) is 6.04. The Morgan fingerprint density at radius 2 is 1.88 bits per heavy atom. The Balaban J connectivity index is 1.26. The van der Waals surface area contributed by atoms with Gasteiger partial charge in [-0.3, -0.25) is 4.90 Å². The molecule has 5 rings (SSSR count). The van der Waals surface area contributed by atoms with E-state index in [9.17, 15) is 0 Å². The fourth-order valence-electron chi connectivity index (χ4n) is 4.54. The van der Waals surface area contributed by atoms with Gasteiger partial charge < -0.3 is 9.32 Å². The maximum absolute atomic E-state index is 5.94. The highest BCUT2D eigenvalue weighted by Gasteiger charge is 2.38. The lowest BCUT2D eigenvalue weighted by molar-refractivity contribution is 0.0690. The van der Waals surface area contributed by atoms with Crippen LogP contribution in [0.5, 0.6) is 0 Å². The quantitative estimate of drug-likeness (QED) is 0.854. The highest BCUT2D eigenvalue weighted by molar-refractivity contribution is 5.27. The monoisotopic (exact) mass is 338 g/mol. The number of aromatic nitrogens is 2. The van der Waals surface area contributed by atoms with Gasteiger partial charge in [0.2, 0.25) is 5.89 Å². The van der Waals surface area contributed by atoms with Gasteiger partial charge in [-0.2, -0.15) is 0 Å². The maximum Gasteiger partial charge on any atom is 0.318 e. The predicted molar refractivity (Wildman–Crippen MR) is 96.5 cm³/mol. The number of rotatable bonds is 4. The maximum atomic E-state index is 5.94. The van der Waals surface area contributed by atoms with Crippen LogP contribution in [0, 0.1) is 5.92 Å². The van der Waals surface area contributed by atoms with E-state index in [0.29, 0.717) is 17.9 Å². The Morgan fingerprint density at radius 1 is 1.00 bits per heavy atom. The van der Waals surface area contributed by atoms with Crippen LogP contribution in [0.3, 0.4) is 0 Å². The summed E-state index contributed by atoms with van der Waals surface area (Å²) < 4.78 is 5.94. The number of nitrogens with zero attached hydrogens (tertiary/aromatic N) is 4. The summed E-state index contributed by atoms with van der Waals surface area (Å²) in [5, 5.41) is 8.58. The lowest BCUT2D eigenvalue weighted by Crippen LogP contribution is -2.53. The molecule has 1 aliphatic carbocycles. The first-order chi connectivity index (χ1) is 12.4. The Morgan fingerprint density at radius 3 is 2.72 bits per heavy atom. The van der Waals surface area contributed by atoms with E-state index >= 15 is 0 Å². The summed E-state index contributed by atoms with van der Waals surface area (Å²) in [6.07, 6.45) is 6.22. The summed E-state index contributed by atoms with van der Waals surface area (Å²) >= 11 is 0. The van der Waals surface area contributed by atoms with Crippen LogP contribution in [-0.2, 0) is 6.54 Å². The van der Waals surface area contributed by atoms with Crippen molar-refractivity contribution in [1.82, 2.24) is 15.1 Å². The molecule has 0 bridgehead atoms. The molecule has 1 saturated carbocycles. The van der Waals surface area contributed by atoms with Gasteiger partial charge in [-0.1, -0.05) is 35.4 Å². The molecular formula is C20H26N4O. The average molecular weight is 338 g/mol. The van der Waals surface area contributed by atoms with E-state index in [4.69, 9.17) is 4.42 Å². The molecule has 0 N–H and O–H groups in total. The van der Waals surface area contributed by atoms with Crippen LogP contribution < -0.4 is 4.90 Å². The number of hydrogen-bond donors (Lipinski definition) is 0. The third-order valence-corrected chi connectivity index (χ3v) is 6.04. The molecule has 0 radical (unpaired) electrons. The van der Waals surface area contributed by atoms with Crippen LogP contribution in [0.1, 0.15) is 49.5 Å². The number of benzene rings is 1. The van der Waals surface area contributed by atoms with Gasteiger partial charge in [0.1, 0.15) is 0 Å². The number of anilines is 1. The van der Waals surface area contributed by atoms with Crippen LogP contribution in [0.2, 0.25) is 0 Å². The zero-order chi connectivity index (χ0) is 16.6. The molecular weight excluding hydrogens is 312 g/mol. The molecule has 2 aromatic rings. The second kappa shape index (κ2) is 6.45. The van der Waals surface area contributed by atoms with E-state index in [-0.39, 0.29) is 0 Å². The summed E-state index contributed by atoms with van der Waals surface area (Å²) in [6.45, 7) is 4.39. The smallest absolute Gasteiger partial charge is 0.318 e. The van der Waals surface area contributed by atoms with Gasteiger partial charge in [0, 0.05) is 31.6 Å². The Hall–Kier alpha value is -1.88. The van der Waals surface area contributed by atoms with E-state index in [0.717, 1.165) is 31.5 Å². The van der Waals surface area contributed by atoms with Gasteiger partial charge in [0.25, 0.3) is 0 Å². The van der Waals surface area contributed by atoms with E-state index in [1.807, 2.05) is 0 Å². The van der Waals surface area contributed by atoms with Crippen LogP contribution in [0.25, 0.3) is 0 Å². The van der Waals surface area contributed by atoms with Crippen molar-refractivity contribution < 1.29 is 4.42 Å². The second-order valence-corrected chi connectivity index (χ2v) is 7.86. The molecule has 2 atom stereocenters. The van der Waals surface area contributed by atoms with Gasteiger partial charge in [-0.05, 0) is 50.1 Å². The first-order valence-electron chi connectivity index (χ1n) is 9.73. The number of fused-ring (bicyclic) bond motifs is 1. The van der Waals surface area contributed by atoms with Crippen molar-refractivity contribution in [1.29, 1.82) is 0 Å². The van der Waals surface area contributed by atoms with Crippen LogP contribution in [0.15, 0.2) is 34.7 Å². The van der Waals surface area contributed by atoms with Crippen molar-refractivity contribution in [2.75, 3.05) is 24.5 Å². The van der Waals surface area contributed by atoms with Crippen molar-refractivity contribution in [2.24, 2.45) is 5.92 Å². The Bertz CT molecular complexity index is 711. The van der Waals surface area contributed by atoms with Gasteiger partial charge in [0.15, 0.2) is 0 Å². The molecule has 3 aliphatic rings. The summed E-state index contributed by atoms with van der Waals surface area (Å²) in [6, 6.07) is 12.3. The summed E-state index contributed by atoms with van der Waals surface area (Å²) in [7, 11) is 0. The SMILES string of the molecule is c1ccc(CN2CCC[C@H]3CN(c4nnc(C5CC5)o4)CC[C@@H]32)cc1. The zero-order valence-electron chi connectivity index (χ0n) is 14.7. The molecule has 3 heterocycles. The van der Waals surface area contributed by atoms with Gasteiger partial charge >= 0.3 is 6.01 Å². The standard InChI is InChI=1S/C20H26N4O/c1-2-5-15(6-3-1)13-23-11-4-7-17-14-24(12-10-18(17)23)20-22-21-19(25-20)16-8-9-16/h1-3,5-6,16-18H,4,7-14H2/t17-,18-/m0/s1. The van der Waals surface area contributed by atoms with E-state index in [1.54, 1.807) is 0 Å². The van der Waals surface area contributed by atoms with Crippen LogP contribution in [-0.4, -0.2) is 40.8 Å². The fourth-order valence-corrected chi connectivity index (χ4v) is 4.54. The minimum absolute atomic E-state index is 0.537. The van der Waals surface area contributed by atoms with Crippen molar-refractivity contribution in [2.45, 2.75) is 50.6 Å². The average Bonchev–Trinajstić information content (AvgIpc) is 3.39. The van der Waals surface area contributed by atoms with Crippen molar-refractivity contribution >= 4 is 6.01 Å². The number of piperidine rings is 2. The van der Waals surface area contributed by atoms with Crippen molar-refractivity contribution in [3.8, 4) is 0 Å². The first-order valence-corrected chi connectivity index (χ1v) is 9.73. The lowest BCUT2D eigenvalue weighted by Gasteiger charge is -2.47. The van der Waals surface area contributed by atoms with Crippen LogP contribution in [0.4, 0.5) is 6.01 Å². The lowest BCUT2D eigenvalue weighted by atomic mass is 9.83. The fraction of sp³-hybridized carbons (Fsp3) is 0.600. The van der Waals surface area contributed by atoms with Crippen molar-refractivity contribution in [3.05, 3.63) is 41.8 Å². The largest absolute Gasteiger partial charge is 0.408 e. The summed E-state index contributed by atoms with van der Waals surface area (Å²) in [5.41, 5.74) is 1.43. The summed E-state index contributed by atoms with van der Waals surface area (Å²) in [4.78, 5) is 5.02. The topological polar surface area (TPSA) is 45.4 Å². The summed E-state index contributed by atoms with van der Waals surface area (Å²) in [5.74, 6) is 2.10. The molecule has 0 spiro atoms. The molecule has 1 aromatic carbocycles. The molecule has 2 saturated heterocycles. The Labute approximate surface area is 149 Å². The third kappa shape index (κ3) is 3.17.